The Bertz CT molecular complexity index is 586. The van der Waals surface area contributed by atoms with Gasteiger partial charge in [0.2, 0.25) is 0 Å². The van der Waals surface area contributed by atoms with Crippen molar-refractivity contribution in [1.82, 2.24) is 4.57 Å². The first kappa shape index (κ1) is 13.5. The van der Waals surface area contributed by atoms with E-state index in [4.69, 9.17) is 9.84 Å². The van der Waals surface area contributed by atoms with Gasteiger partial charge in [0.15, 0.2) is 0 Å². The molecule has 0 saturated heterocycles. The highest BCUT2D eigenvalue weighted by molar-refractivity contribution is 5.82. The predicted molar refractivity (Wildman–Crippen MR) is 74.5 cm³/mol. The van der Waals surface area contributed by atoms with Crippen molar-refractivity contribution >= 4 is 16.9 Å². The molecule has 1 aromatic carbocycles. The molecule has 0 saturated carbocycles. The zero-order chi connectivity index (χ0) is 14.0. The third kappa shape index (κ3) is 3.08. The molecule has 0 spiro atoms. The number of carbonyl (C=O) groups is 1. The molecular formula is C15H19NO3. The minimum Gasteiger partial charge on any atom is -0.491 e. The van der Waals surface area contributed by atoms with Gasteiger partial charge in [-0.3, -0.25) is 4.79 Å². The van der Waals surface area contributed by atoms with Crippen molar-refractivity contribution in [1.29, 1.82) is 0 Å². The quantitative estimate of drug-likeness (QED) is 0.899. The van der Waals surface area contributed by atoms with E-state index in [0.717, 1.165) is 16.7 Å². The summed E-state index contributed by atoms with van der Waals surface area (Å²) in [7, 11) is 0. The van der Waals surface area contributed by atoms with E-state index in [1.165, 1.54) is 0 Å². The molecule has 0 radical (unpaired) electrons. The summed E-state index contributed by atoms with van der Waals surface area (Å²) in [4.78, 5) is 10.9. The summed E-state index contributed by atoms with van der Waals surface area (Å²) in [5.74, 6) is -0.338. The van der Waals surface area contributed by atoms with Gasteiger partial charge in [-0.25, -0.2) is 0 Å². The molecule has 1 heterocycles. The maximum absolute atomic E-state index is 10.9. The summed E-state index contributed by atoms with van der Waals surface area (Å²) < 4.78 is 7.61. The lowest BCUT2D eigenvalue weighted by Crippen LogP contribution is -2.16. The van der Waals surface area contributed by atoms with E-state index >= 15 is 0 Å². The van der Waals surface area contributed by atoms with Gasteiger partial charge < -0.3 is 14.4 Å². The Labute approximate surface area is 112 Å². The molecule has 1 unspecified atom stereocenters. The van der Waals surface area contributed by atoms with Gasteiger partial charge in [0.05, 0.1) is 12.0 Å². The summed E-state index contributed by atoms with van der Waals surface area (Å²) in [6.45, 7) is 6.17. The molecule has 0 aliphatic rings. The lowest BCUT2D eigenvalue weighted by Gasteiger charge is -2.11. The molecule has 0 aliphatic heterocycles. The molecule has 0 aliphatic carbocycles. The number of benzene rings is 1. The van der Waals surface area contributed by atoms with Crippen LogP contribution in [0.3, 0.4) is 0 Å². The molecular weight excluding hydrogens is 242 g/mol. The molecule has 0 fully saturated rings. The standard InChI is InChI=1S/C15H19NO3/c1-10(2)19-13-4-5-14-12(8-13)6-7-16(14)9-11(3)15(17)18/h4-8,10-11H,9H2,1-3H3,(H,17,18). The second-order valence-electron chi connectivity index (χ2n) is 5.09. The average Bonchev–Trinajstić information content (AvgIpc) is 2.71. The van der Waals surface area contributed by atoms with E-state index in [1.807, 2.05) is 48.9 Å². The average molecular weight is 261 g/mol. The maximum Gasteiger partial charge on any atom is 0.308 e. The monoisotopic (exact) mass is 261 g/mol. The van der Waals surface area contributed by atoms with Crippen LogP contribution in [0, 0.1) is 5.92 Å². The maximum atomic E-state index is 10.9. The van der Waals surface area contributed by atoms with E-state index in [-0.39, 0.29) is 6.10 Å². The SMILES string of the molecule is CC(C)Oc1ccc2c(ccn2CC(C)C(=O)O)c1. The second-order valence-corrected chi connectivity index (χ2v) is 5.09. The Morgan fingerprint density at radius 2 is 2.05 bits per heavy atom. The lowest BCUT2D eigenvalue weighted by molar-refractivity contribution is -0.141. The third-order valence-corrected chi connectivity index (χ3v) is 3.01. The van der Waals surface area contributed by atoms with Gasteiger partial charge in [0, 0.05) is 23.6 Å². The fourth-order valence-electron chi connectivity index (χ4n) is 2.06. The van der Waals surface area contributed by atoms with Crippen LogP contribution in [0.5, 0.6) is 5.75 Å². The fourth-order valence-corrected chi connectivity index (χ4v) is 2.06. The summed E-state index contributed by atoms with van der Waals surface area (Å²) in [5, 5.41) is 10.0. The normalized spacial score (nSPS) is 12.8. The van der Waals surface area contributed by atoms with E-state index in [2.05, 4.69) is 0 Å². The zero-order valence-electron chi connectivity index (χ0n) is 11.5. The molecule has 4 nitrogen and oxygen atoms in total. The summed E-state index contributed by atoms with van der Waals surface area (Å²) >= 11 is 0. The number of aliphatic carboxylic acids is 1. The summed E-state index contributed by atoms with van der Waals surface area (Å²) in [6.07, 6.45) is 2.06. The topological polar surface area (TPSA) is 51.5 Å². The molecule has 19 heavy (non-hydrogen) atoms. The highest BCUT2D eigenvalue weighted by Crippen LogP contribution is 2.23. The van der Waals surface area contributed by atoms with E-state index in [1.54, 1.807) is 6.92 Å². The molecule has 1 aromatic heterocycles. The van der Waals surface area contributed by atoms with Crippen LogP contribution in [0.1, 0.15) is 20.8 Å². The van der Waals surface area contributed by atoms with Crippen LogP contribution < -0.4 is 4.74 Å². The number of aromatic nitrogens is 1. The first-order chi connectivity index (χ1) is 8.97. The number of hydrogen-bond acceptors (Lipinski definition) is 2. The van der Waals surface area contributed by atoms with Crippen LogP contribution in [0.2, 0.25) is 0 Å². The Balaban J connectivity index is 2.26. The van der Waals surface area contributed by atoms with E-state index in [0.29, 0.717) is 6.54 Å². The Hall–Kier alpha value is -1.97. The molecule has 1 N–H and O–H groups in total. The predicted octanol–water partition coefficient (Wildman–Crippen LogP) is 3.15. The number of rotatable bonds is 5. The van der Waals surface area contributed by atoms with Crippen molar-refractivity contribution in [3.8, 4) is 5.75 Å². The molecule has 0 bridgehead atoms. The zero-order valence-corrected chi connectivity index (χ0v) is 11.5. The van der Waals surface area contributed by atoms with Gasteiger partial charge in [0.25, 0.3) is 0 Å². The van der Waals surface area contributed by atoms with Gasteiger partial charge in [-0.1, -0.05) is 6.92 Å². The van der Waals surface area contributed by atoms with Crippen molar-refractivity contribution in [2.24, 2.45) is 5.92 Å². The van der Waals surface area contributed by atoms with E-state index < -0.39 is 11.9 Å². The summed E-state index contributed by atoms with van der Waals surface area (Å²) in [6, 6.07) is 7.86. The molecule has 0 amide bonds. The van der Waals surface area contributed by atoms with E-state index in [9.17, 15) is 4.79 Å². The minimum atomic E-state index is -0.776. The highest BCUT2D eigenvalue weighted by Gasteiger charge is 2.13. The first-order valence-electron chi connectivity index (χ1n) is 6.45. The fraction of sp³-hybridized carbons (Fsp3) is 0.400. The Morgan fingerprint density at radius 1 is 1.32 bits per heavy atom. The van der Waals surface area contributed by atoms with Gasteiger partial charge in [0.1, 0.15) is 5.75 Å². The molecule has 4 heteroatoms. The number of ether oxygens (including phenoxy) is 1. The third-order valence-electron chi connectivity index (χ3n) is 3.01. The van der Waals surface area contributed by atoms with Crippen molar-refractivity contribution in [2.45, 2.75) is 33.4 Å². The van der Waals surface area contributed by atoms with Gasteiger partial charge in [-0.15, -0.1) is 0 Å². The molecule has 1 atom stereocenters. The van der Waals surface area contributed by atoms with Crippen LogP contribution in [0.25, 0.3) is 10.9 Å². The Kier molecular flexibility index (Phi) is 3.79. The highest BCUT2D eigenvalue weighted by atomic mass is 16.5. The van der Waals surface area contributed by atoms with Crippen molar-refractivity contribution < 1.29 is 14.6 Å². The lowest BCUT2D eigenvalue weighted by atomic mass is 10.2. The van der Waals surface area contributed by atoms with Crippen molar-refractivity contribution in [3.05, 3.63) is 30.5 Å². The number of carboxylic acids is 1. The van der Waals surface area contributed by atoms with Crippen LogP contribution in [-0.4, -0.2) is 21.7 Å². The van der Waals surface area contributed by atoms with Gasteiger partial charge in [-0.05, 0) is 38.1 Å². The largest absolute Gasteiger partial charge is 0.491 e. The van der Waals surface area contributed by atoms with Crippen LogP contribution >= 0.6 is 0 Å². The van der Waals surface area contributed by atoms with Crippen molar-refractivity contribution in [2.75, 3.05) is 0 Å². The molecule has 2 aromatic rings. The van der Waals surface area contributed by atoms with Gasteiger partial charge in [-0.2, -0.15) is 0 Å². The Morgan fingerprint density at radius 3 is 2.68 bits per heavy atom. The second kappa shape index (κ2) is 5.34. The van der Waals surface area contributed by atoms with Crippen molar-refractivity contribution in [3.63, 3.8) is 0 Å². The first-order valence-corrected chi connectivity index (χ1v) is 6.45. The van der Waals surface area contributed by atoms with Crippen LogP contribution in [0.15, 0.2) is 30.5 Å². The minimum absolute atomic E-state index is 0.145. The van der Waals surface area contributed by atoms with Gasteiger partial charge >= 0.3 is 5.97 Å². The molecule has 102 valence electrons. The molecule has 2 rings (SSSR count). The number of carboxylic acid groups (broad SMARTS) is 1. The van der Waals surface area contributed by atoms with Crippen LogP contribution in [-0.2, 0) is 11.3 Å². The number of hydrogen-bond donors (Lipinski definition) is 1. The van der Waals surface area contributed by atoms with Crippen LogP contribution in [0.4, 0.5) is 0 Å². The number of nitrogens with zero attached hydrogens (tertiary/aromatic N) is 1. The smallest absolute Gasteiger partial charge is 0.308 e. The summed E-state index contributed by atoms with van der Waals surface area (Å²) in [5.41, 5.74) is 1.03. The number of fused-ring (bicyclic) bond motifs is 1.